The van der Waals surface area contributed by atoms with Gasteiger partial charge < -0.3 is 5.32 Å². The molecule has 0 radical (unpaired) electrons. The largest absolute Gasteiger partial charge is 0.309 e. The number of aromatic nitrogens is 2. The first-order chi connectivity index (χ1) is 11.2. The molecule has 2 aliphatic rings. The van der Waals surface area contributed by atoms with Crippen molar-refractivity contribution in [3.05, 3.63) is 53.7 Å². The SMILES string of the molecule is Cc1cc(NC2=NC(c3ccccc3)=CC3=NC(C)CN32)n[nH]1. The lowest BCUT2D eigenvalue weighted by atomic mass is 10.1. The van der Waals surface area contributed by atoms with Crippen LogP contribution in [0.2, 0.25) is 0 Å². The normalized spacial score (nSPS) is 19.8. The summed E-state index contributed by atoms with van der Waals surface area (Å²) >= 11 is 0. The standard InChI is InChI=1S/C17H18N6/c1-11-8-15(22-21-11)20-17-19-14(13-6-4-3-5-7-13)9-16-18-12(2)10-23(16)17/h3-9,12H,10H2,1-2H3,(H2,19,20,21,22). The van der Waals surface area contributed by atoms with E-state index in [9.17, 15) is 0 Å². The summed E-state index contributed by atoms with van der Waals surface area (Å²) in [6, 6.07) is 12.4. The number of nitrogens with zero attached hydrogens (tertiary/aromatic N) is 4. The van der Waals surface area contributed by atoms with Crippen LogP contribution in [0.15, 0.2) is 52.5 Å². The van der Waals surface area contributed by atoms with Crippen LogP contribution in [0.3, 0.4) is 0 Å². The Morgan fingerprint density at radius 3 is 2.83 bits per heavy atom. The Bertz CT molecular complexity index is 815. The number of hydrogen-bond donors (Lipinski definition) is 2. The van der Waals surface area contributed by atoms with Gasteiger partial charge in [-0.05, 0) is 13.8 Å². The van der Waals surface area contributed by atoms with Gasteiger partial charge in [0.15, 0.2) is 5.82 Å². The number of rotatable bonds is 2. The molecule has 1 atom stereocenters. The van der Waals surface area contributed by atoms with E-state index in [1.807, 2.05) is 37.3 Å². The summed E-state index contributed by atoms with van der Waals surface area (Å²) in [6.07, 6.45) is 2.04. The van der Waals surface area contributed by atoms with E-state index >= 15 is 0 Å². The van der Waals surface area contributed by atoms with Crippen LogP contribution in [-0.4, -0.2) is 39.5 Å². The van der Waals surface area contributed by atoms with Crippen LogP contribution in [0.25, 0.3) is 5.70 Å². The van der Waals surface area contributed by atoms with Crippen molar-refractivity contribution >= 4 is 23.3 Å². The fourth-order valence-corrected chi connectivity index (χ4v) is 2.78. The number of fused-ring (bicyclic) bond motifs is 1. The van der Waals surface area contributed by atoms with E-state index in [1.54, 1.807) is 0 Å². The van der Waals surface area contributed by atoms with Crippen LogP contribution in [-0.2, 0) is 0 Å². The van der Waals surface area contributed by atoms with E-state index in [0.717, 1.165) is 41.1 Å². The van der Waals surface area contributed by atoms with E-state index in [0.29, 0.717) is 0 Å². The van der Waals surface area contributed by atoms with Crippen molar-refractivity contribution < 1.29 is 0 Å². The molecule has 23 heavy (non-hydrogen) atoms. The summed E-state index contributed by atoms with van der Waals surface area (Å²) in [4.78, 5) is 11.6. The number of nitrogens with one attached hydrogen (secondary N) is 2. The Morgan fingerprint density at radius 2 is 2.09 bits per heavy atom. The highest BCUT2D eigenvalue weighted by atomic mass is 15.4. The fourth-order valence-electron chi connectivity index (χ4n) is 2.78. The molecular formula is C17H18N6. The zero-order chi connectivity index (χ0) is 15.8. The Hall–Kier alpha value is -2.89. The monoisotopic (exact) mass is 306 g/mol. The van der Waals surface area contributed by atoms with Crippen LogP contribution in [0, 0.1) is 6.92 Å². The van der Waals surface area contributed by atoms with Gasteiger partial charge in [-0.15, -0.1) is 0 Å². The highest BCUT2D eigenvalue weighted by molar-refractivity contribution is 6.17. The summed E-state index contributed by atoms with van der Waals surface area (Å²) in [5.74, 6) is 2.47. The van der Waals surface area contributed by atoms with Crippen molar-refractivity contribution in [2.45, 2.75) is 19.9 Å². The number of H-pyrrole nitrogens is 1. The minimum Gasteiger partial charge on any atom is -0.309 e. The molecule has 2 aromatic rings. The van der Waals surface area contributed by atoms with Crippen molar-refractivity contribution in [3.63, 3.8) is 0 Å². The molecule has 1 unspecified atom stereocenters. The van der Waals surface area contributed by atoms with Gasteiger partial charge >= 0.3 is 0 Å². The lowest BCUT2D eigenvalue weighted by molar-refractivity contribution is 0.596. The first-order valence-electron chi connectivity index (χ1n) is 7.69. The quantitative estimate of drug-likeness (QED) is 0.896. The number of guanidine groups is 1. The second-order valence-electron chi connectivity index (χ2n) is 5.84. The molecule has 0 saturated heterocycles. The van der Waals surface area contributed by atoms with Gasteiger partial charge in [0.2, 0.25) is 5.96 Å². The predicted molar refractivity (Wildman–Crippen MR) is 92.4 cm³/mol. The highest BCUT2D eigenvalue weighted by Gasteiger charge is 2.29. The zero-order valence-corrected chi connectivity index (χ0v) is 13.1. The summed E-state index contributed by atoms with van der Waals surface area (Å²) in [5.41, 5.74) is 2.99. The number of anilines is 1. The Kier molecular flexibility index (Phi) is 3.22. The maximum atomic E-state index is 4.79. The van der Waals surface area contributed by atoms with Gasteiger partial charge in [0.25, 0.3) is 0 Å². The minimum atomic E-state index is 0.254. The number of aromatic amines is 1. The van der Waals surface area contributed by atoms with Crippen LogP contribution >= 0.6 is 0 Å². The van der Waals surface area contributed by atoms with Crippen molar-refractivity contribution in [2.75, 3.05) is 11.9 Å². The molecule has 2 N–H and O–H groups in total. The summed E-state index contributed by atoms with van der Waals surface area (Å²) in [6.45, 7) is 4.90. The Balaban J connectivity index is 1.72. The first kappa shape index (κ1) is 13.8. The average molecular weight is 306 g/mol. The third-order valence-electron chi connectivity index (χ3n) is 3.84. The van der Waals surface area contributed by atoms with Gasteiger partial charge in [-0.3, -0.25) is 15.0 Å². The minimum absolute atomic E-state index is 0.254. The van der Waals surface area contributed by atoms with Gasteiger partial charge in [-0.2, -0.15) is 5.10 Å². The van der Waals surface area contributed by atoms with Gasteiger partial charge in [0.05, 0.1) is 11.7 Å². The third kappa shape index (κ3) is 2.63. The van der Waals surface area contributed by atoms with Crippen LogP contribution in [0.1, 0.15) is 18.2 Å². The molecule has 1 aromatic carbocycles. The molecular weight excluding hydrogens is 288 g/mol. The van der Waals surface area contributed by atoms with E-state index in [-0.39, 0.29) is 6.04 Å². The van der Waals surface area contributed by atoms with E-state index in [1.165, 1.54) is 0 Å². The third-order valence-corrected chi connectivity index (χ3v) is 3.84. The second kappa shape index (κ2) is 5.39. The molecule has 0 amide bonds. The number of amidine groups is 1. The molecule has 116 valence electrons. The topological polar surface area (TPSA) is 68.7 Å². The zero-order valence-electron chi connectivity index (χ0n) is 13.1. The molecule has 2 aliphatic heterocycles. The van der Waals surface area contributed by atoms with Gasteiger partial charge in [0, 0.05) is 29.9 Å². The summed E-state index contributed by atoms with van der Waals surface area (Å²) in [7, 11) is 0. The molecule has 0 saturated carbocycles. The molecule has 0 spiro atoms. The lowest BCUT2D eigenvalue weighted by Gasteiger charge is -2.25. The van der Waals surface area contributed by atoms with Crippen molar-refractivity contribution in [3.8, 4) is 0 Å². The molecule has 0 bridgehead atoms. The average Bonchev–Trinajstić information content (AvgIpc) is 3.13. The molecule has 0 aliphatic carbocycles. The lowest BCUT2D eigenvalue weighted by Crippen LogP contribution is -2.41. The molecule has 1 aromatic heterocycles. The molecule has 6 nitrogen and oxygen atoms in total. The molecule has 4 rings (SSSR count). The van der Waals surface area contributed by atoms with Crippen LogP contribution in [0.5, 0.6) is 0 Å². The summed E-state index contributed by atoms with van der Waals surface area (Å²) in [5, 5.41) is 10.5. The number of aliphatic imine (C=N–C) groups is 2. The van der Waals surface area contributed by atoms with Crippen molar-refractivity contribution in [1.82, 2.24) is 15.1 Å². The van der Waals surface area contributed by atoms with Gasteiger partial charge in [-0.25, -0.2) is 4.99 Å². The highest BCUT2D eigenvalue weighted by Crippen LogP contribution is 2.24. The van der Waals surface area contributed by atoms with E-state index in [4.69, 9.17) is 9.98 Å². The Morgan fingerprint density at radius 1 is 1.26 bits per heavy atom. The van der Waals surface area contributed by atoms with E-state index < -0.39 is 0 Å². The van der Waals surface area contributed by atoms with Crippen LogP contribution < -0.4 is 5.32 Å². The molecule has 0 fully saturated rings. The number of hydrogen-bond acceptors (Lipinski definition) is 5. The summed E-state index contributed by atoms with van der Waals surface area (Å²) < 4.78 is 0. The van der Waals surface area contributed by atoms with Gasteiger partial charge in [0.1, 0.15) is 5.84 Å². The number of benzene rings is 1. The van der Waals surface area contributed by atoms with Crippen LogP contribution in [0.4, 0.5) is 5.82 Å². The second-order valence-corrected chi connectivity index (χ2v) is 5.84. The maximum absolute atomic E-state index is 4.79. The van der Waals surface area contributed by atoms with E-state index in [2.05, 4.69) is 39.5 Å². The molecule has 6 heteroatoms. The van der Waals surface area contributed by atoms with Gasteiger partial charge in [-0.1, -0.05) is 30.3 Å². The Labute approximate surface area is 134 Å². The number of aryl methyl sites for hydroxylation is 1. The maximum Gasteiger partial charge on any atom is 0.210 e. The first-order valence-corrected chi connectivity index (χ1v) is 7.69. The van der Waals surface area contributed by atoms with Crippen molar-refractivity contribution in [2.24, 2.45) is 9.98 Å². The van der Waals surface area contributed by atoms with Crippen molar-refractivity contribution in [1.29, 1.82) is 0 Å². The predicted octanol–water partition coefficient (Wildman–Crippen LogP) is 2.64. The fraction of sp³-hybridized carbons (Fsp3) is 0.235. The smallest absolute Gasteiger partial charge is 0.210 e. The molecule has 3 heterocycles.